The van der Waals surface area contributed by atoms with Crippen molar-refractivity contribution in [2.24, 2.45) is 0 Å². The van der Waals surface area contributed by atoms with Crippen molar-refractivity contribution in [2.45, 2.75) is 6.61 Å². The van der Waals surface area contributed by atoms with Crippen LogP contribution < -0.4 is 24.3 Å². The standard InChI is InChI=1S/C24H23N3O5/c1-29-19-7-9-20(10-8-19)31-16-24(28)26-17-6-11-21(30-2)22(13-17)32-15-18-14-27-12-4-3-5-23(27)25-18/h3-14H,15-16H2,1-2H3,(H,26,28). The van der Waals surface area contributed by atoms with Gasteiger partial charge in [0.05, 0.1) is 19.9 Å². The van der Waals surface area contributed by atoms with Crippen LogP contribution in [0.5, 0.6) is 23.0 Å². The van der Waals surface area contributed by atoms with Crippen molar-refractivity contribution >= 4 is 17.2 Å². The van der Waals surface area contributed by atoms with Crippen molar-refractivity contribution in [1.29, 1.82) is 0 Å². The highest BCUT2D eigenvalue weighted by Crippen LogP contribution is 2.31. The van der Waals surface area contributed by atoms with E-state index in [4.69, 9.17) is 18.9 Å². The summed E-state index contributed by atoms with van der Waals surface area (Å²) >= 11 is 0. The fourth-order valence-corrected chi connectivity index (χ4v) is 3.09. The van der Waals surface area contributed by atoms with Gasteiger partial charge in [-0.2, -0.15) is 0 Å². The lowest BCUT2D eigenvalue weighted by Crippen LogP contribution is -2.20. The average Bonchev–Trinajstić information content (AvgIpc) is 3.25. The minimum atomic E-state index is -0.294. The number of methoxy groups -OCH3 is 2. The Balaban J connectivity index is 1.37. The Morgan fingerprint density at radius 2 is 1.75 bits per heavy atom. The molecule has 0 spiro atoms. The summed E-state index contributed by atoms with van der Waals surface area (Å²) < 4.78 is 23.8. The first-order valence-electron chi connectivity index (χ1n) is 9.95. The molecule has 8 heteroatoms. The number of carbonyl (C=O) groups excluding carboxylic acids is 1. The number of fused-ring (bicyclic) bond motifs is 1. The molecule has 2 aromatic carbocycles. The second-order valence-electron chi connectivity index (χ2n) is 6.87. The van der Waals surface area contributed by atoms with Crippen molar-refractivity contribution < 1.29 is 23.7 Å². The van der Waals surface area contributed by atoms with Gasteiger partial charge in [0, 0.05) is 24.1 Å². The number of imidazole rings is 1. The number of ether oxygens (including phenoxy) is 4. The molecule has 0 atom stereocenters. The van der Waals surface area contributed by atoms with Gasteiger partial charge < -0.3 is 28.7 Å². The van der Waals surface area contributed by atoms with Crippen LogP contribution in [-0.2, 0) is 11.4 Å². The van der Waals surface area contributed by atoms with Crippen molar-refractivity contribution in [3.8, 4) is 23.0 Å². The number of anilines is 1. The number of nitrogens with one attached hydrogen (secondary N) is 1. The van der Waals surface area contributed by atoms with E-state index >= 15 is 0 Å². The molecule has 4 aromatic rings. The third kappa shape index (κ3) is 5.10. The molecule has 0 bridgehead atoms. The second kappa shape index (κ2) is 9.74. The number of aromatic nitrogens is 2. The van der Waals surface area contributed by atoms with Crippen LogP contribution in [0.1, 0.15) is 5.69 Å². The Morgan fingerprint density at radius 3 is 2.50 bits per heavy atom. The van der Waals surface area contributed by atoms with Crippen LogP contribution in [0, 0.1) is 0 Å². The van der Waals surface area contributed by atoms with Gasteiger partial charge in [0.15, 0.2) is 18.1 Å². The molecular weight excluding hydrogens is 410 g/mol. The number of carbonyl (C=O) groups is 1. The van der Waals surface area contributed by atoms with Gasteiger partial charge in [0.25, 0.3) is 5.91 Å². The summed E-state index contributed by atoms with van der Waals surface area (Å²) in [5, 5.41) is 2.80. The SMILES string of the molecule is COc1ccc(OCC(=O)Nc2ccc(OC)c(OCc3cn4ccccc4n3)c2)cc1. The fourth-order valence-electron chi connectivity index (χ4n) is 3.09. The lowest BCUT2D eigenvalue weighted by molar-refractivity contribution is -0.118. The quantitative estimate of drug-likeness (QED) is 0.430. The molecule has 0 radical (unpaired) electrons. The van der Waals surface area contributed by atoms with Crippen LogP contribution in [-0.4, -0.2) is 36.1 Å². The van der Waals surface area contributed by atoms with Gasteiger partial charge in [-0.05, 0) is 48.5 Å². The third-order valence-electron chi connectivity index (χ3n) is 4.67. The van der Waals surface area contributed by atoms with Crippen LogP contribution in [0.2, 0.25) is 0 Å². The number of pyridine rings is 1. The lowest BCUT2D eigenvalue weighted by Gasteiger charge is -2.13. The Morgan fingerprint density at radius 1 is 0.938 bits per heavy atom. The number of benzene rings is 2. The molecule has 0 aliphatic heterocycles. The van der Waals surface area contributed by atoms with E-state index in [1.165, 1.54) is 0 Å². The predicted molar refractivity (Wildman–Crippen MR) is 120 cm³/mol. The van der Waals surface area contributed by atoms with E-state index in [9.17, 15) is 4.79 Å². The van der Waals surface area contributed by atoms with Crippen LogP contribution in [0.4, 0.5) is 5.69 Å². The lowest BCUT2D eigenvalue weighted by atomic mass is 10.2. The molecule has 0 aliphatic carbocycles. The van der Waals surface area contributed by atoms with E-state index in [2.05, 4.69) is 10.3 Å². The minimum absolute atomic E-state index is 0.129. The molecule has 0 unspecified atom stereocenters. The number of amides is 1. The number of hydrogen-bond donors (Lipinski definition) is 1. The fraction of sp³-hybridized carbons (Fsp3) is 0.167. The van der Waals surface area contributed by atoms with Gasteiger partial charge in [-0.1, -0.05) is 6.07 Å². The first-order chi connectivity index (χ1) is 15.6. The number of rotatable bonds is 9. The maximum absolute atomic E-state index is 12.3. The van der Waals surface area contributed by atoms with Gasteiger partial charge in [-0.25, -0.2) is 4.98 Å². The summed E-state index contributed by atoms with van der Waals surface area (Å²) in [4.78, 5) is 16.8. The van der Waals surface area contributed by atoms with Gasteiger partial charge in [-0.15, -0.1) is 0 Å². The summed E-state index contributed by atoms with van der Waals surface area (Å²) in [6.45, 7) is 0.131. The predicted octanol–water partition coefficient (Wildman–Crippen LogP) is 3.95. The summed E-state index contributed by atoms with van der Waals surface area (Å²) in [5.41, 5.74) is 2.19. The first-order valence-corrected chi connectivity index (χ1v) is 9.95. The number of nitrogens with zero attached hydrogens (tertiary/aromatic N) is 2. The first kappa shape index (κ1) is 21.0. The molecule has 164 valence electrons. The van der Waals surface area contributed by atoms with Crippen molar-refractivity contribution in [3.05, 3.63) is 78.8 Å². The van der Waals surface area contributed by atoms with Crippen LogP contribution >= 0.6 is 0 Å². The number of hydrogen-bond acceptors (Lipinski definition) is 6. The molecule has 2 heterocycles. The Hall–Kier alpha value is -4.20. The van der Waals surface area contributed by atoms with Gasteiger partial charge in [0.2, 0.25) is 0 Å². The second-order valence-corrected chi connectivity index (χ2v) is 6.87. The van der Waals surface area contributed by atoms with Crippen LogP contribution in [0.15, 0.2) is 73.1 Å². The highest BCUT2D eigenvalue weighted by Gasteiger charge is 2.11. The van der Waals surface area contributed by atoms with Gasteiger partial charge in [0.1, 0.15) is 23.8 Å². The van der Waals surface area contributed by atoms with Gasteiger partial charge >= 0.3 is 0 Å². The van der Waals surface area contributed by atoms with Crippen LogP contribution in [0.3, 0.4) is 0 Å². The zero-order valence-electron chi connectivity index (χ0n) is 17.8. The molecule has 0 fully saturated rings. The summed E-state index contributed by atoms with van der Waals surface area (Å²) in [6, 6.07) is 18.0. The molecule has 2 aromatic heterocycles. The Labute approximate surface area is 185 Å². The molecule has 4 rings (SSSR count). The molecule has 0 saturated carbocycles. The van der Waals surface area contributed by atoms with E-state index in [1.807, 2.05) is 35.0 Å². The summed E-state index contributed by atoms with van der Waals surface area (Å²) in [5.74, 6) is 2.06. The van der Waals surface area contributed by atoms with Crippen molar-refractivity contribution in [2.75, 3.05) is 26.1 Å². The summed E-state index contributed by atoms with van der Waals surface area (Å²) in [7, 11) is 3.15. The molecule has 1 amide bonds. The monoisotopic (exact) mass is 433 g/mol. The van der Waals surface area contributed by atoms with Crippen molar-refractivity contribution in [3.63, 3.8) is 0 Å². The third-order valence-corrected chi connectivity index (χ3v) is 4.67. The maximum Gasteiger partial charge on any atom is 0.262 e. The largest absolute Gasteiger partial charge is 0.497 e. The highest BCUT2D eigenvalue weighted by atomic mass is 16.5. The normalized spacial score (nSPS) is 10.6. The summed E-state index contributed by atoms with van der Waals surface area (Å²) in [6.07, 6.45) is 3.83. The molecule has 0 saturated heterocycles. The van der Waals surface area contributed by atoms with E-state index in [-0.39, 0.29) is 19.1 Å². The van der Waals surface area contributed by atoms with Crippen molar-refractivity contribution in [1.82, 2.24) is 9.38 Å². The average molecular weight is 433 g/mol. The smallest absolute Gasteiger partial charge is 0.262 e. The Bertz CT molecular complexity index is 1170. The zero-order valence-corrected chi connectivity index (χ0v) is 17.8. The molecular formula is C24H23N3O5. The van der Waals surface area contributed by atoms with E-state index < -0.39 is 0 Å². The molecule has 0 aliphatic rings. The highest BCUT2D eigenvalue weighted by molar-refractivity contribution is 5.92. The van der Waals surface area contributed by atoms with Crippen LogP contribution in [0.25, 0.3) is 5.65 Å². The zero-order chi connectivity index (χ0) is 22.3. The van der Waals surface area contributed by atoms with E-state index in [0.717, 1.165) is 17.1 Å². The molecule has 32 heavy (non-hydrogen) atoms. The minimum Gasteiger partial charge on any atom is -0.497 e. The Kier molecular flexibility index (Phi) is 6.41. The molecule has 8 nitrogen and oxygen atoms in total. The van der Waals surface area contributed by atoms with Gasteiger partial charge in [-0.3, -0.25) is 4.79 Å². The van der Waals surface area contributed by atoms with E-state index in [1.54, 1.807) is 56.7 Å². The van der Waals surface area contributed by atoms with E-state index in [0.29, 0.717) is 22.9 Å². The maximum atomic E-state index is 12.3. The topological polar surface area (TPSA) is 83.3 Å². The molecule has 1 N–H and O–H groups in total.